The maximum absolute atomic E-state index is 11.5. The molecular formula is C18H24N6O. The third kappa shape index (κ3) is 3.87. The van der Waals surface area contributed by atoms with Gasteiger partial charge in [-0.1, -0.05) is 12.1 Å². The molecule has 0 unspecified atom stereocenters. The maximum Gasteiger partial charge on any atom is 0.251 e. The summed E-state index contributed by atoms with van der Waals surface area (Å²) in [7, 11) is 0. The number of aromatic nitrogens is 3. The van der Waals surface area contributed by atoms with Gasteiger partial charge < -0.3 is 14.7 Å². The van der Waals surface area contributed by atoms with E-state index in [0.717, 1.165) is 31.1 Å². The van der Waals surface area contributed by atoms with Crippen LogP contribution in [0.5, 0.6) is 0 Å². The van der Waals surface area contributed by atoms with Crippen molar-refractivity contribution in [2.75, 3.05) is 42.5 Å². The number of carbonyl (C=O) groups is 1. The van der Waals surface area contributed by atoms with Crippen LogP contribution in [0.25, 0.3) is 0 Å². The van der Waals surface area contributed by atoms with E-state index in [9.17, 15) is 4.79 Å². The summed E-state index contributed by atoms with van der Waals surface area (Å²) in [6, 6.07) is 8.27. The van der Waals surface area contributed by atoms with E-state index in [1.165, 1.54) is 5.56 Å². The number of nitrogens with zero attached hydrogens (tertiary/aromatic N) is 6. The van der Waals surface area contributed by atoms with Gasteiger partial charge in [-0.05, 0) is 31.5 Å². The molecule has 0 bridgehead atoms. The van der Waals surface area contributed by atoms with Gasteiger partial charge in [-0.15, -0.1) is 5.10 Å². The van der Waals surface area contributed by atoms with Gasteiger partial charge >= 0.3 is 0 Å². The highest BCUT2D eigenvalue weighted by atomic mass is 16.2. The van der Waals surface area contributed by atoms with Crippen LogP contribution >= 0.6 is 0 Å². The fourth-order valence-electron chi connectivity index (χ4n) is 3.04. The van der Waals surface area contributed by atoms with Gasteiger partial charge in [-0.3, -0.25) is 4.79 Å². The average Bonchev–Trinajstić information content (AvgIpc) is 2.63. The second kappa shape index (κ2) is 7.46. The van der Waals surface area contributed by atoms with E-state index < -0.39 is 0 Å². The standard InChI is InChI=1S/C18H24N6O/c1-4-24(16-7-5-6-14(2)12-16)18-20-17(13-19-21-18)23-10-8-22(9-11-23)15(3)25/h5-7,12-13H,4,8-11H2,1-3H3. The second-order valence-corrected chi connectivity index (χ2v) is 6.19. The lowest BCUT2D eigenvalue weighted by Gasteiger charge is -2.34. The Balaban J connectivity index is 1.80. The number of aryl methyl sites for hydroxylation is 1. The Morgan fingerprint density at radius 3 is 2.64 bits per heavy atom. The van der Waals surface area contributed by atoms with Gasteiger partial charge in [0.15, 0.2) is 5.82 Å². The molecule has 132 valence electrons. The Morgan fingerprint density at radius 1 is 1.24 bits per heavy atom. The lowest BCUT2D eigenvalue weighted by atomic mass is 10.2. The molecule has 1 aromatic heterocycles. The molecule has 2 aromatic rings. The number of anilines is 3. The van der Waals surface area contributed by atoms with Gasteiger partial charge in [-0.2, -0.15) is 10.1 Å². The normalized spacial score (nSPS) is 14.5. The SMILES string of the molecule is CCN(c1cccc(C)c1)c1nncc(N2CCN(C(C)=O)CC2)n1. The summed E-state index contributed by atoms with van der Waals surface area (Å²) < 4.78 is 0. The number of amides is 1. The number of benzene rings is 1. The van der Waals surface area contributed by atoms with Crippen LogP contribution in [0.1, 0.15) is 19.4 Å². The zero-order valence-electron chi connectivity index (χ0n) is 15.0. The smallest absolute Gasteiger partial charge is 0.251 e. The molecule has 0 N–H and O–H groups in total. The zero-order valence-corrected chi connectivity index (χ0v) is 15.0. The lowest BCUT2D eigenvalue weighted by molar-refractivity contribution is -0.129. The van der Waals surface area contributed by atoms with E-state index in [2.05, 4.69) is 52.0 Å². The van der Waals surface area contributed by atoms with Gasteiger partial charge in [0.25, 0.3) is 5.95 Å². The van der Waals surface area contributed by atoms with Gasteiger partial charge in [0.2, 0.25) is 5.91 Å². The van der Waals surface area contributed by atoms with Crippen LogP contribution in [0.15, 0.2) is 30.5 Å². The van der Waals surface area contributed by atoms with Crippen LogP contribution in [-0.2, 0) is 4.79 Å². The average molecular weight is 340 g/mol. The van der Waals surface area contributed by atoms with Crippen molar-refractivity contribution in [2.24, 2.45) is 0 Å². The Labute approximate surface area is 148 Å². The van der Waals surface area contributed by atoms with Crippen molar-refractivity contribution in [1.29, 1.82) is 0 Å². The summed E-state index contributed by atoms with van der Waals surface area (Å²) in [6.45, 7) is 9.45. The van der Waals surface area contributed by atoms with Crippen LogP contribution in [0.2, 0.25) is 0 Å². The van der Waals surface area contributed by atoms with Crippen LogP contribution in [0.4, 0.5) is 17.5 Å². The zero-order chi connectivity index (χ0) is 17.8. The number of hydrogen-bond acceptors (Lipinski definition) is 6. The van der Waals surface area contributed by atoms with Crippen molar-refractivity contribution in [3.05, 3.63) is 36.0 Å². The molecule has 0 spiro atoms. The Hall–Kier alpha value is -2.70. The summed E-state index contributed by atoms with van der Waals surface area (Å²) in [5, 5.41) is 8.38. The van der Waals surface area contributed by atoms with Crippen molar-refractivity contribution in [3.63, 3.8) is 0 Å². The van der Waals surface area contributed by atoms with E-state index in [-0.39, 0.29) is 5.91 Å². The molecule has 0 aliphatic carbocycles. The molecule has 0 atom stereocenters. The predicted octanol–water partition coefficient (Wildman–Crippen LogP) is 2.01. The first-order valence-corrected chi connectivity index (χ1v) is 8.63. The fraction of sp³-hybridized carbons (Fsp3) is 0.444. The Bertz CT molecular complexity index is 742. The predicted molar refractivity (Wildman–Crippen MR) is 98.2 cm³/mol. The van der Waals surface area contributed by atoms with Crippen molar-refractivity contribution in [3.8, 4) is 0 Å². The monoisotopic (exact) mass is 340 g/mol. The van der Waals surface area contributed by atoms with Gasteiger partial charge in [0, 0.05) is 45.3 Å². The van der Waals surface area contributed by atoms with E-state index in [4.69, 9.17) is 4.98 Å². The van der Waals surface area contributed by atoms with Crippen LogP contribution in [0, 0.1) is 6.92 Å². The van der Waals surface area contributed by atoms with Crippen molar-refractivity contribution in [2.45, 2.75) is 20.8 Å². The number of rotatable bonds is 4. The molecule has 1 aliphatic heterocycles. The lowest BCUT2D eigenvalue weighted by Crippen LogP contribution is -2.48. The third-order valence-electron chi connectivity index (χ3n) is 4.45. The molecule has 1 amide bonds. The van der Waals surface area contributed by atoms with Crippen molar-refractivity contribution < 1.29 is 4.79 Å². The molecule has 25 heavy (non-hydrogen) atoms. The van der Waals surface area contributed by atoms with E-state index >= 15 is 0 Å². The van der Waals surface area contributed by atoms with E-state index in [0.29, 0.717) is 19.0 Å². The van der Waals surface area contributed by atoms with E-state index in [1.54, 1.807) is 13.1 Å². The molecule has 0 saturated carbocycles. The molecule has 2 heterocycles. The first kappa shape index (κ1) is 17.1. The fourth-order valence-corrected chi connectivity index (χ4v) is 3.04. The summed E-state index contributed by atoms with van der Waals surface area (Å²) in [5.41, 5.74) is 2.25. The topological polar surface area (TPSA) is 65.5 Å². The minimum atomic E-state index is 0.123. The highest BCUT2D eigenvalue weighted by Gasteiger charge is 2.21. The van der Waals surface area contributed by atoms with Gasteiger partial charge in [0.1, 0.15) is 0 Å². The third-order valence-corrected chi connectivity index (χ3v) is 4.45. The summed E-state index contributed by atoms with van der Waals surface area (Å²) in [6.07, 6.45) is 1.69. The molecule has 1 saturated heterocycles. The largest absolute Gasteiger partial charge is 0.352 e. The second-order valence-electron chi connectivity index (χ2n) is 6.19. The Morgan fingerprint density at radius 2 is 2.00 bits per heavy atom. The van der Waals surface area contributed by atoms with E-state index in [1.807, 2.05) is 11.0 Å². The summed E-state index contributed by atoms with van der Waals surface area (Å²) >= 11 is 0. The molecule has 0 radical (unpaired) electrons. The first-order chi connectivity index (χ1) is 12.1. The molecule has 1 fully saturated rings. The number of carbonyl (C=O) groups excluding carboxylic acids is 1. The van der Waals surface area contributed by atoms with Crippen LogP contribution in [-0.4, -0.2) is 58.7 Å². The molecule has 1 aliphatic rings. The quantitative estimate of drug-likeness (QED) is 0.848. The molecule has 7 heteroatoms. The molecule has 7 nitrogen and oxygen atoms in total. The van der Waals surface area contributed by atoms with Gasteiger partial charge in [-0.25, -0.2) is 0 Å². The first-order valence-electron chi connectivity index (χ1n) is 8.63. The van der Waals surface area contributed by atoms with Crippen molar-refractivity contribution in [1.82, 2.24) is 20.1 Å². The number of piperazine rings is 1. The number of hydrogen-bond donors (Lipinski definition) is 0. The molecule has 3 rings (SSSR count). The summed E-state index contributed by atoms with van der Waals surface area (Å²) in [5.74, 6) is 1.52. The minimum absolute atomic E-state index is 0.123. The highest BCUT2D eigenvalue weighted by molar-refractivity contribution is 5.73. The Kier molecular flexibility index (Phi) is 5.11. The maximum atomic E-state index is 11.5. The highest BCUT2D eigenvalue weighted by Crippen LogP contribution is 2.24. The molecule has 1 aromatic carbocycles. The van der Waals surface area contributed by atoms with Crippen LogP contribution in [0.3, 0.4) is 0 Å². The van der Waals surface area contributed by atoms with Crippen molar-refractivity contribution >= 4 is 23.4 Å². The minimum Gasteiger partial charge on any atom is -0.352 e. The van der Waals surface area contributed by atoms with Gasteiger partial charge in [0.05, 0.1) is 6.20 Å². The molecular weight excluding hydrogens is 316 g/mol. The van der Waals surface area contributed by atoms with Crippen LogP contribution < -0.4 is 9.80 Å². The summed E-state index contributed by atoms with van der Waals surface area (Å²) in [4.78, 5) is 22.3.